The van der Waals surface area contributed by atoms with Gasteiger partial charge in [-0.1, -0.05) is 17.7 Å². The summed E-state index contributed by atoms with van der Waals surface area (Å²) in [4.78, 5) is 13.5. The van der Waals surface area contributed by atoms with Crippen molar-refractivity contribution in [3.8, 4) is 0 Å². The van der Waals surface area contributed by atoms with Crippen LogP contribution in [0, 0.1) is 22.2 Å². The van der Waals surface area contributed by atoms with E-state index >= 15 is 0 Å². The number of carbonyl (C=O) groups excluding carboxylic acids is 1. The molecule has 0 aromatic rings. The number of hydrogen-bond acceptors (Lipinski definition) is 5. The molecular weight excluding hydrogens is 565 g/mol. The van der Waals surface area contributed by atoms with Gasteiger partial charge in [0.15, 0.2) is 39.1 Å². The second-order valence-electron chi connectivity index (χ2n) is 17.3. The molecule has 1 spiro atoms. The molecule has 2 unspecified atom stereocenters. The van der Waals surface area contributed by atoms with Crippen LogP contribution >= 0.6 is 0 Å². The Morgan fingerprint density at radius 2 is 1.07 bits per heavy atom. The van der Waals surface area contributed by atoms with E-state index in [2.05, 4.69) is 90.7 Å². The summed E-state index contributed by atoms with van der Waals surface area (Å²) in [6.45, 7) is 30.1. The number of ketones is 1. The maximum Gasteiger partial charge on any atom is 0.183 e. The molecule has 0 saturated heterocycles. The maximum atomic E-state index is 13.5. The molecule has 0 heterocycles. The van der Waals surface area contributed by atoms with Gasteiger partial charge in [-0.15, -0.1) is 0 Å². The summed E-state index contributed by atoms with van der Waals surface area (Å²) >= 11 is 0. The van der Waals surface area contributed by atoms with Gasteiger partial charge < -0.3 is 17.7 Å². The first-order chi connectivity index (χ1) is 18.0. The molecule has 9 heteroatoms. The highest BCUT2D eigenvalue weighted by Gasteiger charge is 2.60. The Morgan fingerprint density at radius 1 is 0.650 bits per heavy atom. The molecule has 5 nitrogen and oxygen atoms in total. The predicted octanol–water partition coefficient (Wildman–Crippen LogP) is 7.93. The highest BCUT2D eigenvalue weighted by Crippen LogP contribution is 2.65. The fraction of sp³-hybridized carbons (Fsp3) is 0.774. The lowest BCUT2D eigenvalue weighted by molar-refractivity contribution is -0.118. The van der Waals surface area contributed by atoms with Crippen LogP contribution < -0.4 is 0 Å². The molecule has 0 amide bonds. The van der Waals surface area contributed by atoms with Gasteiger partial charge in [-0.2, -0.15) is 0 Å². The van der Waals surface area contributed by atoms with Gasteiger partial charge in [0.2, 0.25) is 0 Å². The minimum atomic E-state index is -1.71. The van der Waals surface area contributed by atoms with E-state index in [0.717, 1.165) is 38.9 Å². The number of allylic oxidation sites excluding steroid dienone is 6. The van der Waals surface area contributed by atoms with Crippen molar-refractivity contribution in [1.82, 2.24) is 0 Å². The highest BCUT2D eigenvalue weighted by atomic mass is 28.4. The fourth-order valence-electron chi connectivity index (χ4n) is 6.73. The van der Waals surface area contributed by atoms with Crippen molar-refractivity contribution >= 4 is 39.1 Å². The molecule has 2 atom stereocenters. The Balaban J connectivity index is 1.68. The molecule has 0 bridgehead atoms. The van der Waals surface area contributed by atoms with Crippen LogP contribution in [0.2, 0.25) is 78.6 Å². The molecule has 226 valence electrons. The van der Waals surface area contributed by atoms with E-state index < -0.39 is 33.3 Å². The molecule has 0 radical (unpaired) electrons. The monoisotopic (exact) mass is 620 g/mol. The lowest BCUT2D eigenvalue weighted by atomic mass is 9.67. The molecule has 0 aliphatic heterocycles. The first-order valence-corrected chi connectivity index (χ1v) is 28.9. The van der Waals surface area contributed by atoms with Crippen LogP contribution in [0.3, 0.4) is 0 Å². The van der Waals surface area contributed by atoms with Gasteiger partial charge in [0.25, 0.3) is 0 Å². The van der Waals surface area contributed by atoms with Gasteiger partial charge in [-0.25, -0.2) is 0 Å². The minimum absolute atomic E-state index is 0.0575. The molecule has 4 aliphatic rings. The molecule has 40 heavy (non-hydrogen) atoms. The van der Waals surface area contributed by atoms with Gasteiger partial charge >= 0.3 is 0 Å². The number of hydrogen-bond donors (Lipinski definition) is 0. The van der Waals surface area contributed by atoms with Crippen molar-refractivity contribution in [3.05, 3.63) is 34.9 Å². The van der Waals surface area contributed by atoms with Crippen LogP contribution in [0.5, 0.6) is 0 Å². The van der Waals surface area contributed by atoms with Gasteiger partial charge in [0.05, 0.1) is 5.92 Å². The zero-order valence-electron chi connectivity index (χ0n) is 27.5. The van der Waals surface area contributed by atoms with Crippen LogP contribution in [-0.2, 0) is 22.5 Å². The maximum absolute atomic E-state index is 13.5. The van der Waals surface area contributed by atoms with Crippen LogP contribution in [0.15, 0.2) is 34.9 Å². The SMILES string of the molecule is C[Si](C)(C)OCC1(CO[Si](C)(C)C)CC2=CC3C(=O)C=C4CC(CO[Si](C)(C)C)(CO[Si](C)(C)C)CC43C=C2C1. The van der Waals surface area contributed by atoms with Crippen molar-refractivity contribution in [3.63, 3.8) is 0 Å². The van der Waals surface area contributed by atoms with Crippen molar-refractivity contribution in [1.29, 1.82) is 0 Å². The average Bonchev–Trinajstić information content (AvgIpc) is 3.35. The van der Waals surface area contributed by atoms with Gasteiger partial charge in [-0.05, 0) is 121 Å². The number of carbonyl (C=O) groups is 1. The molecule has 2 saturated carbocycles. The fourth-order valence-corrected chi connectivity index (χ4v) is 9.69. The van der Waals surface area contributed by atoms with E-state index in [4.69, 9.17) is 17.7 Å². The van der Waals surface area contributed by atoms with Gasteiger partial charge in [0, 0.05) is 42.7 Å². The van der Waals surface area contributed by atoms with Crippen molar-refractivity contribution in [2.75, 3.05) is 26.4 Å². The quantitative estimate of drug-likeness (QED) is 0.207. The van der Waals surface area contributed by atoms with Crippen LogP contribution in [-0.4, -0.2) is 65.5 Å². The summed E-state index contributed by atoms with van der Waals surface area (Å²) in [6.07, 6.45) is 10.6. The third kappa shape index (κ3) is 7.56. The van der Waals surface area contributed by atoms with Crippen LogP contribution in [0.1, 0.15) is 25.7 Å². The van der Waals surface area contributed by atoms with E-state index in [9.17, 15) is 4.79 Å². The molecule has 0 aromatic heterocycles. The third-order valence-electron chi connectivity index (χ3n) is 8.60. The standard InChI is InChI=1S/C31H56O5Si4/c1-37(2,3)33-20-29(21-34-38(4,5)6)15-24-13-27-28(32)14-26-18-30(22-35-39(7,8)9,23-36-40(10,11)12)19-31(26,27)17-25(24)16-29/h13-14,17,27H,15-16,18-23H2,1-12H3. The van der Waals surface area contributed by atoms with Gasteiger partial charge in [-0.3, -0.25) is 4.79 Å². The summed E-state index contributed by atoms with van der Waals surface area (Å²) in [5.41, 5.74) is 3.69. The number of fused-ring (bicyclic) bond motifs is 1. The topological polar surface area (TPSA) is 54.0 Å². The zero-order chi connectivity index (χ0) is 30.0. The molecule has 2 fully saturated rings. The molecule has 0 N–H and O–H groups in total. The predicted molar refractivity (Wildman–Crippen MR) is 176 cm³/mol. The van der Waals surface area contributed by atoms with Gasteiger partial charge in [0.1, 0.15) is 0 Å². The van der Waals surface area contributed by atoms with Crippen LogP contribution in [0.4, 0.5) is 0 Å². The first-order valence-electron chi connectivity index (χ1n) is 15.3. The second kappa shape index (κ2) is 10.6. The molecule has 0 aromatic carbocycles. The van der Waals surface area contributed by atoms with E-state index in [-0.39, 0.29) is 27.9 Å². The minimum Gasteiger partial charge on any atom is -0.417 e. The molecular formula is C31H56O5Si4. The number of rotatable bonds is 12. The van der Waals surface area contributed by atoms with Crippen molar-refractivity contribution in [2.45, 2.75) is 104 Å². The molecule has 4 aliphatic carbocycles. The van der Waals surface area contributed by atoms with E-state index in [1.54, 1.807) is 0 Å². The Hall–Kier alpha value is -0.402. The third-order valence-corrected chi connectivity index (χ3v) is 12.6. The summed E-state index contributed by atoms with van der Waals surface area (Å²) in [5, 5.41) is 0. The van der Waals surface area contributed by atoms with Crippen molar-refractivity contribution in [2.24, 2.45) is 22.2 Å². The summed E-state index contributed by atoms with van der Waals surface area (Å²) < 4.78 is 26.3. The zero-order valence-corrected chi connectivity index (χ0v) is 31.5. The Labute approximate surface area is 248 Å². The van der Waals surface area contributed by atoms with Crippen LogP contribution in [0.25, 0.3) is 0 Å². The normalized spacial score (nSPS) is 27.6. The second-order valence-corrected chi connectivity index (χ2v) is 35.3. The van der Waals surface area contributed by atoms with E-state index in [0.29, 0.717) is 13.2 Å². The Kier molecular flexibility index (Phi) is 8.65. The Bertz CT molecular complexity index is 1060. The lowest BCUT2D eigenvalue weighted by Gasteiger charge is -2.38. The lowest BCUT2D eigenvalue weighted by Crippen LogP contribution is -2.41. The van der Waals surface area contributed by atoms with E-state index in [1.807, 2.05) is 6.08 Å². The van der Waals surface area contributed by atoms with Crippen molar-refractivity contribution < 1.29 is 22.5 Å². The molecule has 4 rings (SSSR count). The summed E-state index contributed by atoms with van der Waals surface area (Å²) in [7, 11) is -6.80. The summed E-state index contributed by atoms with van der Waals surface area (Å²) in [6, 6.07) is 0. The largest absolute Gasteiger partial charge is 0.417 e. The first kappa shape index (κ1) is 32.5. The van der Waals surface area contributed by atoms with E-state index in [1.165, 1.54) is 16.7 Å². The Morgan fingerprint density at radius 3 is 1.52 bits per heavy atom. The average molecular weight is 621 g/mol. The summed E-state index contributed by atoms with van der Waals surface area (Å²) in [5.74, 6) is 0.173. The smallest absolute Gasteiger partial charge is 0.183 e. The highest BCUT2D eigenvalue weighted by molar-refractivity contribution is 6.70.